The molecular weight excluding hydrogens is 505 g/mol. The summed E-state index contributed by atoms with van der Waals surface area (Å²) >= 11 is 0. The Morgan fingerprint density at radius 3 is 2.56 bits per heavy atom. The highest BCUT2D eigenvalue weighted by Crippen LogP contribution is 2.31. The van der Waals surface area contributed by atoms with Crippen LogP contribution in [-0.2, 0) is 17.5 Å². The highest BCUT2D eigenvalue weighted by molar-refractivity contribution is 5.66. The van der Waals surface area contributed by atoms with Crippen molar-refractivity contribution in [3.8, 4) is 22.5 Å². The number of likely N-dealkylation sites (tertiary alicyclic amines) is 1. The van der Waals surface area contributed by atoms with E-state index in [1.165, 1.54) is 6.20 Å². The lowest BCUT2D eigenvalue weighted by molar-refractivity contribution is -0.137. The molecule has 1 saturated heterocycles. The Hall–Kier alpha value is -4.47. The zero-order chi connectivity index (χ0) is 27.4. The fraction of sp³-hybridized carbons (Fsp3) is 0.241. The number of hydrogen-bond acceptors (Lipinski definition) is 4. The summed E-state index contributed by atoms with van der Waals surface area (Å²) in [5.74, 6) is 0. The van der Waals surface area contributed by atoms with E-state index in [0.717, 1.165) is 67.0 Å². The van der Waals surface area contributed by atoms with Gasteiger partial charge in [-0.05, 0) is 44.0 Å². The van der Waals surface area contributed by atoms with Crippen molar-refractivity contribution < 1.29 is 18.0 Å². The molecule has 0 unspecified atom stereocenters. The van der Waals surface area contributed by atoms with Gasteiger partial charge in [-0.25, -0.2) is 4.98 Å². The first-order valence-electron chi connectivity index (χ1n) is 12.6. The predicted octanol–water partition coefficient (Wildman–Crippen LogP) is 5.89. The molecule has 1 fully saturated rings. The minimum atomic E-state index is -4.35. The molecule has 0 spiro atoms. The van der Waals surface area contributed by atoms with Crippen LogP contribution < -0.4 is 0 Å². The molecule has 1 aliphatic rings. The first-order valence-corrected chi connectivity index (χ1v) is 12.6. The van der Waals surface area contributed by atoms with Gasteiger partial charge in [-0.2, -0.15) is 18.3 Å². The van der Waals surface area contributed by atoms with Crippen molar-refractivity contribution in [2.45, 2.75) is 38.5 Å². The van der Waals surface area contributed by atoms with Crippen LogP contribution in [0.2, 0.25) is 0 Å². The van der Waals surface area contributed by atoms with Crippen LogP contribution in [-0.4, -0.2) is 48.0 Å². The first kappa shape index (κ1) is 26.1. The number of halogens is 3. The quantitative estimate of drug-likeness (QED) is 0.265. The molecule has 7 nitrogen and oxygen atoms in total. The zero-order valence-corrected chi connectivity index (χ0v) is 21.3. The van der Waals surface area contributed by atoms with Gasteiger partial charge < -0.3 is 9.30 Å². The number of rotatable bonds is 5. The van der Waals surface area contributed by atoms with Crippen LogP contribution in [0.15, 0.2) is 85.5 Å². The van der Waals surface area contributed by atoms with Crippen molar-refractivity contribution in [3.05, 3.63) is 96.7 Å². The summed E-state index contributed by atoms with van der Waals surface area (Å²) < 4.78 is 41.7. The maximum Gasteiger partial charge on any atom is 0.416 e. The molecule has 0 radical (unpaired) electrons. The number of imidazole rings is 1. The van der Waals surface area contributed by atoms with Gasteiger partial charge in [0.2, 0.25) is 6.41 Å². The Morgan fingerprint density at radius 1 is 1.05 bits per heavy atom. The molecule has 200 valence electrons. The van der Waals surface area contributed by atoms with E-state index in [9.17, 15) is 18.0 Å². The number of carbonyl (C=O) groups excluding carboxylic acids is 1. The molecule has 1 amide bonds. The predicted molar refractivity (Wildman–Crippen MR) is 142 cm³/mol. The second-order valence-electron chi connectivity index (χ2n) is 9.36. The average Bonchev–Trinajstić information content (AvgIpc) is 3.69. The number of aryl methyl sites for hydroxylation is 1. The molecule has 10 heteroatoms. The standard InChI is InChI=1S/C15H11F3N2.C14H16N4O/c1-10-14(11-5-3-2-4-6-11)19-13-9-12(15(16,17)18)7-8-20(10)13;19-11-17-7-3-4-13(17)10-18-9-12(8-16-18)14-5-1-2-6-15-14/h2-9H,1H3;1-2,5-6,8-9,11,13H,3-4,7,10H2/t;13-/m.0/s1. The fourth-order valence-electron chi connectivity index (χ4n) is 4.75. The van der Waals surface area contributed by atoms with Gasteiger partial charge in [-0.3, -0.25) is 14.5 Å². The highest BCUT2D eigenvalue weighted by atomic mass is 19.4. The van der Waals surface area contributed by atoms with Crippen LogP contribution >= 0.6 is 0 Å². The van der Waals surface area contributed by atoms with Gasteiger partial charge in [0.25, 0.3) is 0 Å². The van der Waals surface area contributed by atoms with Crippen molar-refractivity contribution in [1.82, 2.24) is 29.0 Å². The topological polar surface area (TPSA) is 68.3 Å². The van der Waals surface area contributed by atoms with Gasteiger partial charge in [0.1, 0.15) is 5.65 Å². The summed E-state index contributed by atoms with van der Waals surface area (Å²) in [5, 5.41) is 4.36. The molecule has 39 heavy (non-hydrogen) atoms. The van der Waals surface area contributed by atoms with Crippen molar-refractivity contribution in [1.29, 1.82) is 0 Å². The van der Waals surface area contributed by atoms with Crippen LogP contribution in [0, 0.1) is 6.92 Å². The van der Waals surface area contributed by atoms with E-state index in [0.29, 0.717) is 11.3 Å². The molecule has 5 aromatic rings. The Bertz CT molecular complexity index is 1550. The second-order valence-corrected chi connectivity index (χ2v) is 9.36. The first-order chi connectivity index (χ1) is 18.8. The number of carbonyl (C=O) groups is 1. The number of nitrogens with zero attached hydrogens (tertiary/aromatic N) is 6. The van der Waals surface area contributed by atoms with E-state index in [4.69, 9.17) is 0 Å². The van der Waals surface area contributed by atoms with Gasteiger partial charge in [0.15, 0.2) is 0 Å². The third-order valence-corrected chi connectivity index (χ3v) is 6.79. The normalized spacial score (nSPS) is 15.3. The largest absolute Gasteiger partial charge is 0.416 e. The molecule has 4 aromatic heterocycles. The fourth-order valence-corrected chi connectivity index (χ4v) is 4.75. The van der Waals surface area contributed by atoms with Gasteiger partial charge in [-0.15, -0.1) is 0 Å². The molecule has 5 heterocycles. The van der Waals surface area contributed by atoms with E-state index >= 15 is 0 Å². The molecule has 0 aliphatic carbocycles. The summed E-state index contributed by atoms with van der Waals surface area (Å²) in [4.78, 5) is 21.4. The maximum atomic E-state index is 12.7. The minimum Gasteiger partial charge on any atom is -0.340 e. The molecule has 0 N–H and O–H groups in total. The Balaban J connectivity index is 0.000000158. The summed E-state index contributed by atoms with van der Waals surface area (Å²) in [6, 6.07) is 17.6. The summed E-state index contributed by atoms with van der Waals surface area (Å²) in [5.41, 5.74) is 3.96. The monoisotopic (exact) mass is 532 g/mol. The van der Waals surface area contributed by atoms with E-state index in [1.807, 2.05) is 77.4 Å². The van der Waals surface area contributed by atoms with E-state index < -0.39 is 11.7 Å². The smallest absolute Gasteiger partial charge is 0.340 e. The summed E-state index contributed by atoms with van der Waals surface area (Å²) in [6.07, 6.45) is 5.72. The molecule has 1 aliphatic heterocycles. The number of pyridine rings is 2. The van der Waals surface area contributed by atoms with Crippen molar-refractivity contribution >= 4 is 12.1 Å². The van der Waals surface area contributed by atoms with Crippen molar-refractivity contribution in [3.63, 3.8) is 0 Å². The van der Waals surface area contributed by atoms with Gasteiger partial charge in [0.05, 0.1) is 35.7 Å². The minimum absolute atomic E-state index is 0.272. The lowest BCUT2D eigenvalue weighted by Crippen LogP contribution is -2.31. The van der Waals surface area contributed by atoms with Crippen LogP contribution in [0.25, 0.3) is 28.2 Å². The lowest BCUT2D eigenvalue weighted by Gasteiger charge is -2.19. The number of aromatic nitrogens is 5. The maximum absolute atomic E-state index is 12.7. The third-order valence-electron chi connectivity index (χ3n) is 6.79. The van der Waals surface area contributed by atoms with Gasteiger partial charge in [0, 0.05) is 42.0 Å². The van der Waals surface area contributed by atoms with Crippen molar-refractivity contribution in [2.75, 3.05) is 6.54 Å². The summed E-state index contributed by atoms with van der Waals surface area (Å²) in [6.45, 7) is 3.46. The molecular formula is C29H27F3N6O. The number of hydrogen-bond donors (Lipinski definition) is 0. The van der Waals surface area contributed by atoms with E-state index in [-0.39, 0.29) is 6.04 Å². The van der Waals surface area contributed by atoms with E-state index in [2.05, 4.69) is 15.1 Å². The van der Waals surface area contributed by atoms with Crippen molar-refractivity contribution in [2.24, 2.45) is 0 Å². The van der Waals surface area contributed by atoms with Crippen LogP contribution in [0.1, 0.15) is 24.1 Å². The average molecular weight is 533 g/mol. The van der Waals surface area contributed by atoms with E-state index in [1.54, 1.807) is 10.6 Å². The van der Waals surface area contributed by atoms with Crippen LogP contribution in [0.4, 0.5) is 13.2 Å². The molecule has 6 rings (SSSR count). The number of amides is 1. The molecule has 1 atom stereocenters. The summed E-state index contributed by atoms with van der Waals surface area (Å²) in [7, 11) is 0. The highest BCUT2D eigenvalue weighted by Gasteiger charge is 2.31. The SMILES string of the molecule is Cc1c(-c2ccccc2)nc2cc(C(F)(F)F)ccn12.O=CN1CCC[C@H]1Cn1cc(-c2ccccn2)cn1. The van der Waals surface area contributed by atoms with Gasteiger partial charge in [-0.1, -0.05) is 36.4 Å². The zero-order valence-electron chi connectivity index (χ0n) is 21.3. The Labute approximate surface area is 223 Å². The second kappa shape index (κ2) is 11.1. The number of fused-ring (bicyclic) bond motifs is 1. The Kier molecular flexibility index (Phi) is 7.44. The van der Waals surface area contributed by atoms with Crippen LogP contribution in [0.5, 0.6) is 0 Å². The van der Waals surface area contributed by atoms with Gasteiger partial charge >= 0.3 is 6.18 Å². The molecule has 0 saturated carbocycles. The third kappa shape index (κ3) is 5.84. The lowest BCUT2D eigenvalue weighted by atomic mass is 10.1. The Morgan fingerprint density at radius 2 is 1.85 bits per heavy atom. The number of alkyl halides is 3. The molecule has 0 bridgehead atoms. The van der Waals surface area contributed by atoms with Crippen LogP contribution in [0.3, 0.4) is 0 Å². The molecule has 1 aromatic carbocycles. The number of benzene rings is 1.